The predicted molar refractivity (Wildman–Crippen MR) is 71.9 cm³/mol. The van der Waals surface area contributed by atoms with Crippen molar-refractivity contribution >= 4 is 23.3 Å². The normalized spacial score (nSPS) is 15.2. The van der Waals surface area contributed by atoms with Gasteiger partial charge in [0, 0.05) is 5.56 Å². The van der Waals surface area contributed by atoms with Gasteiger partial charge in [-0.1, -0.05) is 41.9 Å². The van der Waals surface area contributed by atoms with Crippen LogP contribution in [0.3, 0.4) is 0 Å². The third-order valence-electron chi connectivity index (χ3n) is 2.74. The number of hydrogen-bond acceptors (Lipinski definition) is 3. The Morgan fingerprint density at radius 3 is 2.47 bits per heavy atom. The van der Waals surface area contributed by atoms with E-state index >= 15 is 0 Å². The molecule has 0 amide bonds. The molecular weight excluding hydrogens is 264 g/mol. The van der Waals surface area contributed by atoms with Crippen LogP contribution in [0, 0.1) is 0 Å². The summed E-state index contributed by atoms with van der Waals surface area (Å²) < 4.78 is 10.6. The molecule has 94 valence electrons. The zero-order valence-electron chi connectivity index (χ0n) is 9.80. The number of carbonyl (C=O) groups is 1. The molecule has 19 heavy (non-hydrogen) atoms. The number of carbonyl (C=O) groups excluding carboxylic acids is 1. The summed E-state index contributed by atoms with van der Waals surface area (Å²) in [5, 5.41) is 0.497. The fraction of sp³-hybridized carbons (Fsp3) is 0. The van der Waals surface area contributed by atoms with E-state index in [1.54, 1.807) is 24.3 Å². The van der Waals surface area contributed by atoms with Gasteiger partial charge in [-0.15, -0.1) is 0 Å². The smallest absolute Gasteiger partial charge is 0.344 e. The third kappa shape index (κ3) is 2.20. The molecule has 0 atom stereocenters. The van der Waals surface area contributed by atoms with E-state index in [0.717, 1.165) is 5.56 Å². The van der Waals surface area contributed by atoms with E-state index in [1.165, 1.54) is 6.26 Å². The summed E-state index contributed by atoms with van der Waals surface area (Å²) in [4.78, 5) is 11.6. The summed E-state index contributed by atoms with van der Waals surface area (Å²) in [5.41, 5.74) is 1.26. The molecule has 0 fully saturated rings. The first-order valence-corrected chi connectivity index (χ1v) is 6.06. The van der Waals surface area contributed by atoms with Crippen molar-refractivity contribution in [3.05, 3.63) is 70.9 Å². The lowest BCUT2D eigenvalue weighted by atomic mass is 10.1. The van der Waals surface area contributed by atoms with E-state index in [9.17, 15) is 4.79 Å². The molecule has 0 spiro atoms. The van der Waals surface area contributed by atoms with Gasteiger partial charge in [0.05, 0.1) is 10.6 Å². The molecule has 3 nitrogen and oxygen atoms in total. The van der Waals surface area contributed by atoms with Gasteiger partial charge in [-0.3, -0.25) is 0 Å². The second-order valence-electron chi connectivity index (χ2n) is 3.97. The number of cyclic esters (lactones) is 1. The third-order valence-corrected chi connectivity index (χ3v) is 3.06. The maximum atomic E-state index is 11.6. The van der Waals surface area contributed by atoms with Gasteiger partial charge >= 0.3 is 5.97 Å². The first-order chi connectivity index (χ1) is 9.25. The molecule has 1 aliphatic rings. The highest BCUT2D eigenvalue weighted by Gasteiger charge is 2.26. The van der Waals surface area contributed by atoms with Crippen LogP contribution in [0.25, 0.3) is 5.76 Å². The van der Waals surface area contributed by atoms with Crippen LogP contribution < -0.4 is 4.74 Å². The molecule has 1 heterocycles. The monoisotopic (exact) mass is 272 g/mol. The van der Waals surface area contributed by atoms with Crippen molar-refractivity contribution in [3.63, 3.8) is 0 Å². The summed E-state index contributed by atoms with van der Waals surface area (Å²) >= 11 is 5.98. The molecule has 3 rings (SSSR count). The Balaban J connectivity index is 1.91. The van der Waals surface area contributed by atoms with E-state index < -0.39 is 0 Å². The maximum Gasteiger partial charge on any atom is 0.344 e. The van der Waals surface area contributed by atoms with Gasteiger partial charge in [-0.2, -0.15) is 0 Å². The van der Waals surface area contributed by atoms with E-state index in [-0.39, 0.29) is 5.97 Å². The van der Waals surface area contributed by atoms with Crippen molar-refractivity contribution in [2.24, 2.45) is 0 Å². The molecule has 0 N–H and O–H groups in total. The Kier molecular flexibility index (Phi) is 2.97. The molecule has 4 heteroatoms. The lowest BCUT2D eigenvalue weighted by Crippen LogP contribution is -1.92. The molecule has 0 aromatic heterocycles. The largest absolute Gasteiger partial charge is 0.460 e. The lowest BCUT2D eigenvalue weighted by molar-refractivity contribution is 0.0712. The van der Waals surface area contributed by atoms with Crippen molar-refractivity contribution in [1.82, 2.24) is 0 Å². The van der Waals surface area contributed by atoms with Crippen LogP contribution in [-0.4, -0.2) is 5.97 Å². The molecule has 0 saturated heterocycles. The highest BCUT2D eigenvalue weighted by molar-refractivity contribution is 6.32. The molecule has 0 radical (unpaired) electrons. The number of hydrogen-bond donors (Lipinski definition) is 0. The number of ether oxygens (including phenoxy) is 2. The van der Waals surface area contributed by atoms with Crippen molar-refractivity contribution < 1.29 is 14.3 Å². The molecule has 1 aliphatic heterocycles. The number of rotatable bonds is 2. The van der Waals surface area contributed by atoms with E-state index in [0.29, 0.717) is 22.1 Å². The van der Waals surface area contributed by atoms with Crippen LogP contribution in [0.1, 0.15) is 15.9 Å². The van der Waals surface area contributed by atoms with Crippen LogP contribution >= 0.6 is 11.6 Å². The summed E-state index contributed by atoms with van der Waals surface area (Å²) in [6.07, 6.45) is 1.39. The second kappa shape index (κ2) is 4.78. The SMILES string of the molecule is O=C1O/C(=C/Oc2ccccc2Cl)c2ccccc21. The van der Waals surface area contributed by atoms with Crippen molar-refractivity contribution in [3.8, 4) is 5.75 Å². The second-order valence-corrected chi connectivity index (χ2v) is 4.37. The van der Waals surface area contributed by atoms with Crippen LogP contribution in [0.15, 0.2) is 54.8 Å². The molecule has 0 bridgehead atoms. The highest BCUT2D eigenvalue weighted by atomic mass is 35.5. The Morgan fingerprint density at radius 2 is 1.68 bits per heavy atom. The Hall–Kier alpha value is -2.26. The number of fused-ring (bicyclic) bond motifs is 1. The van der Waals surface area contributed by atoms with Crippen LogP contribution in [0.4, 0.5) is 0 Å². The number of halogens is 1. The van der Waals surface area contributed by atoms with E-state index in [2.05, 4.69) is 0 Å². The van der Waals surface area contributed by atoms with Gasteiger partial charge in [0.25, 0.3) is 0 Å². The molecule has 2 aromatic carbocycles. The molecule has 0 aliphatic carbocycles. The van der Waals surface area contributed by atoms with Crippen molar-refractivity contribution in [2.45, 2.75) is 0 Å². The van der Waals surface area contributed by atoms with E-state index in [1.807, 2.05) is 24.3 Å². The van der Waals surface area contributed by atoms with Gasteiger partial charge in [-0.05, 0) is 18.2 Å². The minimum absolute atomic E-state index is 0.371. The molecular formula is C15H9ClO3. The first-order valence-electron chi connectivity index (χ1n) is 5.68. The quantitative estimate of drug-likeness (QED) is 0.615. The Labute approximate surface area is 115 Å². The number of esters is 1. The predicted octanol–water partition coefficient (Wildman–Crippen LogP) is 3.89. The van der Waals surface area contributed by atoms with E-state index in [4.69, 9.17) is 21.1 Å². The number of benzene rings is 2. The molecule has 2 aromatic rings. The van der Waals surface area contributed by atoms with Gasteiger partial charge < -0.3 is 9.47 Å². The van der Waals surface area contributed by atoms with Gasteiger partial charge in [0.1, 0.15) is 12.0 Å². The Morgan fingerprint density at radius 1 is 1.00 bits per heavy atom. The molecule has 0 saturated carbocycles. The number of para-hydroxylation sites is 1. The summed E-state index contributed by atoms with van der Waals surface area (Å²) in [5.74, 6) is 0.530. The first kappa shape index (κ1) is 11.8. The van der Waals surface area contributed by atoms with Crippen molar-refractivity contribution in [1.29, 1.82) is 0 Å². The maximum absolute atomic E-state index is 11.6. The standard InChI is InChI=1S/C15H9ClO3/c16-12-7-3-4-8-13(12)18-9-14-10-5-1-2-6-11(10)15(17)19-14/h1-9H/b14-9+. The molecule has 0 unspecified atom stereocenters. The summed E-state index contributed by atoms with van der Waals surface area (Å²) in [7, 11) is 0. The van der Waals surface area contributed by atoms with Gasteiger partial charge in [0.2, 0.25) is 0 Å². The zero-order chi connectivity index (χ0) is 13.2. The van der Waals surface area contributed by atoms with Crippen LogP contribution in [0.5, 0.6) is 5.75 Å². The minimum Gasteiger partial charge on any atom is -0.460 e. The lowest BCUT2D eigenvalue weighted by Gasteiger charge is -2.03. The highest BCUT2D eigenvalue weighted by Crippen LogP contribution is 2.30. The van der Waals surface area contributed by atoms with Crippen molar-refractivity contribution in [2.75, 3.05) is 0 Å². The summed E-state index contributed by atoms with van der Waals surface area (Å²) in [6, 6.07) is 14.2. The Bertz CT molecular complexity index is 677. The van der Waals surface area contributed by atoms with Gasteiger partial charge in [0.15, 0.2) is 5.76 Å². The van der Waals surface area contributed by atoms with Crippen LogP contribution in [-0.2, 0) is 4.74 Å². The minimum atomic E-state index is -0.371. The average molecular weight is 273 g/mol. The summed E-state index contributed by atoms with van der Waals surface area (Å²) in [6.45, 7) is 0. The average Bonchev–Trinajstić information content (AvgIpc) is 2.75. The van der Waals surface area contributed by atoms with Gasteiger partial charge in [-0.25, -0.2) is 4.79 Å². The zero-order valence-corrected chi connectivity index (χ0v) is 10.6. The topological polar surface area (TPSA) is 35.5 Å². The fourth-order valence-corrected chi connectivity index (χ4v) is 2.01. The fourth-order valence-electron chi connectivity index (χ4n) is 1.83. The van der Waals surface area contributed by atoms with Crippen LogP contribution in [0.2, 0.25) is 5.02 Å².